The van der Waals surface area contributed by atoms with E-state index < -0.39 is 10.6 Å². The monoisotopic (exact) mass is 450 g/mol. The predicted molar refractivity (Wildman–Crippen MR) is 127 cm³/mol. The maximum atomic E-state index is 10.3. The van der Waals surface area contributed by atoms with Crippen molar-refractivity contribution in [3.63, 3.8) is 0 Å². The summed E-state index contributed by atoms with van der Waals surface area (Å²) in [6, 6.07) is 17.1. The standard InChI is InChI=1S/C24H26N4O3S/c1-16(2)32(29,30)20-10-8-19(9-11-20)22-14-26-15-23(27-22)24-12-21(28-31-24)18-6-4-17(5-7-18)13-25-3/h4-12,14-16,25,29-30H,13H2,1-3H3. The summed E-state index contributed by atoms with van der Waals surface area (Å²) in [6.45, 7) is 4.39. The first-order chi connectivity index (χ1) is 15.4. The number of rotatable bonds is 7. The minimum atomic E-state index is -2.82. The highest BCUT2D eigenvalue weighted by molar-refractivity contribution is 8.24. The van der Waals surface area contributed by atoms with Gasteiger partial charge in [-0.3, -0.25) is 14.1 Å². The normalized spacial score (nSPS) is 12.3. The average molecular weight is 451 g/mol. The SMILES string of the molecule is CNCc1ccc(-c2cc(-c3cncc(-c4ccc(S(O)(O)C(C)C)cc4)n3)on2)cc1. The van der Waals surface area contributed by atoms with Crippen LogP contribution in [0, 0.1) is 0 Å². The summed E-state index contributed by atoms with van der Waals surface area (Å²) in [5.74, 6) is 0.527. The molecule has 4 aromatic rings. The molecule has 0 amide bonds. The molecule has 7 nitrogen and oxygen atoms in total. The van der Waals surface area contributed by atoms with Crippen LogP contribution >= 0.6 is 10.6 Å². The summed E-state index contributed by atoms with van der Waals surface area (Å²) in [7, 11) is -0.902. The Balaban J connectivity index is 1.57. The van der Waals surface area contributed by atoms with E-state index in [1.807, 2.05) is 37.4 Å². The summed E-state index contributed by atoms with van der Waals surface area (Å²) < 4.78 is 26.2. The minimum Gasteiger partial charge on any atom is -0.354 e. The van der Waals surface area contributed by atoms with Crippen LogP contribution in [0.5, 0.6) is 0 Å². The van der Waals surface area contributed by atoms with E-state index in [1.165, 1.54) is 5.56 Å². The molecule has 0 aliphatic rings. The molecule has 0 aliphatic carbocycles. The lowest BCUT2D eigenvalue weighted by atomic mass is 10.1. The number of benzene rings is 2. The molecule has 2 aromatic heterocycles. The Hall–Kier alpha value is -3.04. The molecule has 3 N–H and O–H groups in total. The van der Waals surface area contributed by atoms with Crippen LogP contribution in [0.25, 0.3) is 34.0 Å². The highest BCUT2D eigenvalue weighted by Crippen LogP contribution is 2.52. The maximum absolute atomic E-state index is 10.3. The summed E-state index contributed by atoms with van der Waals surface area (Å²) >= 11 is 0. The predicted octanol–water partition coefficient (Wildman–Crippen LogP) is 5.70. The van der Waals surface area contributed by atoms with Crippen molar-refractivity contribution in [3.05, 3.63) is 72.6 Å². The second-order valence-electron chi connectivity index (χ2n) is 7.76. The zero-order valence-electron chi connectivity index (χ0n) is 18.2. The van der Waals surface area contributed by atoms with Gasteiger partial charge in [-0.25, -0.2) is 4.98 Å². The van der Waals surface area contributed by atoms with Crippen molar-refractivity contribution in [2.45, 2.75) is 30.5 Å². The first-order valence-electron chi connectivity index (χ1n) is 10.3. The molecule has 0 spiro atoms. The van der Waals surface area contributed by atoms with Gasteiger partial charge in [-0.1, -0.05) is 41.6 Å². The van der Waals surface area contributed by atoms with Crippen LogP contribution < -0.4 is 5.32 Å². The Morgan fingerprint density at radius 1 is 0.906 bits per heavy atom. The van der Waals surface area contributed by atoms with Crippen LogP contribution in [-0.2, 0) is 6.54 Å². The van der Waals surface area contributed by atoms with Gasteiger partial charge in [0.2, 0.25) is 0 Å². The molecule has 8 heteroatoms. The van der Waals surface area contributed by atoms with Crippen molar-refractivity contribution in [2.24, 2.45) is 0 Å². The van der Waals surface area contributed by atoms with Crippen molar-refractivity contribution < 1.29 is 13.6 Å². The zero-order chi connectivity index (χ0) is 22.7. The molecule has 0 fully saturated rings. The Bertz CT molecular complexity index is 1190. The summed E-state index contributed by atoms with van der Waals surface area (Å²) in [5.41, 5.74) is 4.93. The molecule has 0 saturated heterocycles. The van der Waals surface area contributed by atoms with Gasteiger partial charge in [-0.15, -0.1) is 0 Å². The van der Waals surface area contributed by atoms with E-state index >= 15 is 0 Å². The number of nitrogens with zero attached hydrogens (tertiary/aromatic N) is 3. The van der Waals surface area contributed by atoms with Gasteiger partial charge in [0, 0.05) is 29.0 Å². The molecule has 0 atom stereocenters. The fourth-order valence-electron chi connectivity index (χ4n) is 3.25. The molecule has 0 radical (unpaired) electrons. The van der Waals surface area contributed by atoms with E-state index in [0.29, 0.717) is 22.0 Å². The maximum Gasteiger partial charge on any atom is 0.187 e. The van der Waals surface area contributed by atoms with Gasteiger partial charge in [-0.2, -0.15) is 10.6 Å². The molecule has 2 aromatic carbocycles. The topological polar surface area (TPSA) is 104 Å². The Labute approximate surface area is 188 Å². The van der Waals surface area contributed by atoms with Gasteiger partial charge in [0.05, 0.1) is 23.0 Å². The van der Waals surface area contributed by atoms with Gasteiger partial charge in [0.1, 0.15) is 11.4 Å². The van der Waals surface area contributed by atoms with Crippen LogP contribution in [0.4, 0.5) is 0 Å². The smallest absolute Gasteiger partial charge is 0.187 e. The second-order valence-corrected chi connectivity index (χ2v) is 10.4. The van der Waals surface area contributed by atoms with E-state index in [1.54, 1.807) is 38.4 Å². The molecule has 166 valence electrons. The number of aromatic nitrogens is 3. The quantitative estimate of drug-likeness (QED) is 0.331. The Morgan fingerprint density at radius 2 is 1.53 bits per heavy atom. The summed E-state index contributed by atoms with van der Waals surface area (Å²) in [5, 5.41) is 7.06. The average Bonchev–Trinajstić information content (AvgIpc) is 3.30. The van der Waals surface area contributed by atoms with Gasteiger partial charge in [0.15, 0.2) is 5.76 Å². The molecule has 0 saturated carbocycles. The first kappa shape index (κ1) is 22.2. The lowest BCUT2D eigenvalue weighted by Gasteiger charge is -2.36. The molecule has 0 unspecified atom stereocenters. The summed E-state index contributed by atoms with van der Waals surface area (Å²) in [4.78, 5) is 9.48. The van der Waals surface area contributed by atoms with Crippen molar-refractivity contribution in [3.8, 4) is 34.0 Å². The third-order valence-corrected chi connectivity index (χ3v) is 7.46. The molecule has 2 heterocycles. The Kier molecular flexibility index (Phi) is 6.38. The van der Waals surface area contributed by atoms with E-state index in [4.69, 9.17) is 4.52 Å². The van der Waals surface area contributed by atoms with Crippen molar-refractivity contribution in [1.29, 1.82) is 0 Å². The minimum absolute atomic E-state index is 0.253. The fourth-order valence-corrected chi connectivity index (χ4v) is 4.33. The molecular formula is C24H26N4O3S. The van der Waals surface area contributed by atoms with Gasteiger partial charge < -0.3 is 9.84 Å². The lowest BCUT2D eigenvalue weighted by molar-refractivity contribution is 0.433. The van der Waals surface area contributed by atoms with Gasteiger partial charge in [-0.05, 0) is 38.6 Å². The second kappa shape index (κ2) is 9.22. The van der Waals surface area contributed by atoms with Crippen LogP contribution in [0.2, 0.25) is 0 Å². The van der Waals surface area contributed by atoms with Gasteiger partial charge in [0.25, 0.3) is 0 Å². The lowest BCUT2D eigenvalue weighted by Crippen LogP contribution is -2.10. The largest absolute Gasteiger partial charge is 0.354 e. The van der Waals surface area contributed by atoms with E-state index in [2.05, 4.69) is 32.6 Å². The van der Waals surface area contributed by atoms with Crippen molar-refractivity contribution in [2.75, 3.05) is 7.05 Å². The highest BCUT2D eigenvalue weighted by Gasteiger charge is 2.20. The summed E-state index contributed by atoms with van der Waals surface area (Å²) in [6.07, 6.45) is 3.30. The highest BCUT2D eigenvalue weighted by atomic mass is 32.3. The molecule has 0 aliphatic heterocycles. The fraction of sp³-hybridized carbons (Fsp3) is 0.208. The number of hydrogen-bond donors (Lipinski definition) is 3. The number of nitrogens with one attached hydrogen (secondary N) is 1. The third kappa shape index (κ3) is 4.58. The zero-order valence-corrected chi connectivity index (χ0v) is 19.0. The molecule has 32 heavy (non-hydrogen) atoms. The molecule has 4 rings (SSSR count). The van der Waals surface area contributed by atoms with E-state index in [9.17, 15) is 9.11 Å². The molecular weight excluding hydrogens is 424 g/mol. The molecule has 0 bridgehead atoms. The first-order valence-corrected chi connectivity index (χ1v) is 11.9. The van der Waals surface area contributed by atoms with Gasteiger partial charge >= 0.3 is 0 Å². The van der Waals surface area contributed by atoms with E-state index in [-0.39, 0.29) is 5.25 Å². The van der Waals surface area contributed by atoms with Crippen LogP contribution in [0.15, 0.2) is 76.4 Å². The van der Waals surface area contributed by atoms with Crippen LogP contribution in [0.1, 0.15) is 19.4 Å². The van der Waals surface area contributed by atoms with Crippen molar-refractivity contribution >= 4 is 10.6 Å². The number of hydrogen-bond acceptors (Lipinski definition) is 7. The Morgan fingerprint density at radius 3 is 2.19 bits per heavy atom. The van der Waals surface area contributed by atoms with Crippen LogP contribution in [-0.4, -0.2) is 36.5 Å². The van der Waals surface area contributed by atoms with Crippen molar-refractivity contribution in [1.82, 2.24) is 20.4 Å². The van der Waals surface area contributed by atoms with Crippen LogP contribution in [0.3, 0.4) is 0 Å². The third-order valence-electron chi connectivity index (χ3n) is 5.18. The van der Waals surface area contributed by atoms with E-state index in [0.717, 1.165) is 23.4 Å².